The summed E-state index contributed by atoms with van der Waals surface area (Å²) in [5.74, 6) is -2.31. The van der Waals surface area contributed by atoms with Crippen molar-refractivity contribution in [3.05, 3.63) is 35.1 Å². The van der Waals surface area contributed by atoms with Crippen LogP contribution in [0.2, 0.25) is 0 Å². The van der Waals surface area contributed by atoms with Crippen LogP contribution >= 0.6 is 0 Å². The third kappa shape index (κ3) is 4.56. The van der Waals surface area contributed by atoms with E-state index in [1.807, 2.05) is 17.1 Å². The highest BCUT2D eigenvalue weighted by Gasteiger charge is 2.42. The van der Waals surface area contributed by atoms with Gasteiger partial charge in [-0.25, -0.2) is 4.79 Å². The Kier molecular flexibility index (Phi) is 5.95. The zero-order chi connectivity index (χ0) is 22.1. The molecule has 2 atom stereocenters. The van der Waals surface area contributed by atoms with E-state index < -0.39 is 30.1 Å². The van der Waals surface area contributed by atoms with E-state index >= 15 is 0 Å². The monoisotopic (exact) mass is 430 g/mol. The summed E-state index contributed by atoms with van der Waals surface area (Å²) in [6.45, 7) is 2.88. The number of hydrogen-bond acceptors (Lipinski definition) is 6. The van der Waals surface area contributed by atoms with Crippen molar-refractivity contribution in [2.45, 2.75) is 44.8 Å². The second-order valence-corrected chi connectivity index (χ2v) is 8.28. The molecule has 0 aromatic heterocycles. The van der Waals surface area contributed by atoms with Crippen molar-refractivity contribution in [3.63, 3.8) is 0 Å². The lowest BCUT2D eigenvalue weighted by atomic mass is 10.1. The fraction of sp³-hybridized carbons (Fsp3) is 0.545. The Morgan fingerprint density at radius 2 is 2.06 bits per heavy atom. The van der Waals surface area contributed by atoms with E-state index in [9.17, 15) is 24.3 Å². The molecular formula is C22H26N2O7. The first-order chi connectivity index (χ1) is 14.8. The highest BCUT2D eigenvalue weighted by atomic mass is 16.6. The lowest BCUT2D eigenvalue weighted by Gasteiger charge is -2.27. The Bertz CT molecular complexity index is 900. The highest BCUT2D eigenvalue weighted by Crippen LogP contribution is 2.35. The van der Waals surface area contributed by atoms with E-state index in [-0.39, 0.29) is 12.5 Å². The minimum atomic E-state index is -1.74. The number of allylic oxidation sites excluding steroid dienone is 3. The summed E-state index contributed by atoms with van der Waals surface area (Å²) < 4.78 is 10.3. The maximum absolute atomic E-state index is 13.2. The number of esters is 1. The summed E-state index contributed by atoms with van der Waals surface area (Å²) in [5.41, 5.74) is 2.07. The minimum absolute atomic E-state index is 0.0376. The molecule has 9 heteroatoms. The highest BCUT2D eigenvalue weighted by molar-refractivity contribution is 6.02. The fourth-order valence-corrected chi connectivity index (χ4v) is 4.14. The average Bonchev–Trinajstić information content (AvgIpc) is 3.52. The smallest absolute Gasteiger partial charge is 0.348 e. The maximum Gasteiger partial charge on any atom is 0.348 e. The van der Waals surface area contributed by atoms with Gasteiger partial charge in [-0.2, -0.15) is 0 Å². The third-order valence-corrected chi connectivity index (χ3v) is 5.84. The Balaban J connectivity index is 1.58. The third-order valence-electron chi connectivity index (χ3n) is 5.84. The number of aliphatic carboxylic acids is 1. The van der Waals surface area contributed by atoms with Gasteiger partial charge in [-0.3, -0.25) is 14.4 Å². The van der Waals surface area contributed by atoms with Gasteiger partial charge in [0.15, 0.2) is 6.10 Å². The van der Waals surface area contributed by atoms with Gasteiger partial charge in [0.05, 0.1) is 0 Å². The number of carbonyl (C=O) groups is 4. The lowest BCUT2D eigenvalue weighted by Crippen LogP contribution is -2.49. The zero-order valence-electron chi connectivity index (χ0n) is 17.4. The van der Waals surface area contributed by atoms with E-state index in [2.05, 4.69) is 0 Å². The summed E-state index contributed by atoms with van der Waals surface area (Å²) in [6.07, 6.45) is 5.72. The molecule has 0 spiro atoms. The molecule has 2 aliphatic heterocycles. The molecule has 1 N–H and O–H groups in total. The van der Waals surface area contributed by atoms with Crippen LogP contribution in [0.25, 0.3) is 0 Å². The molecule has 166 valence electrons. The van der Waals surface area contributed by atoms with Gasteiger partial charge in [-0.1, -0.05) is 12.2 Å². The van der Waals surface area contributed by atoms with Gasteiger partial charge in [0.1, 0.15) is 0 Å². The van der Waals surface area contributed by atoms with Gasteiger partial charge in [0.25, 0.3) is 11.8 Å². The molecular weight excluding hydrogens is 404 g/mol. The van der Waals surface area contributed by atoms with E-state index in [0.29, 0.717) is 43.1 Å². The van der Waals surface area contributed by atoms with Gasteiger partial charge >= 0.3 is 11.9 Å². The van der Waals surface area contributed by atoms with E-state index in [0.717, 1.165) is 31.9 Å². The molecule has 3 fully saturated rings. The molecule has 2 aliphatic carbocycles. The van der Waals surface area contributed by atoms with Crippen molar-refractivity contribution in [1.82, 2.24) is 9.80 Å². The molecule has 2 saturated heterocycles. The van der Waals surface area contributed by atoms with Crippen LogP contribution in [-0.2, 0) is 28.7 Å². The van der Waals surface area contributed by atoms with Crippen LogP contribution in [0.4, 0.5) is 0 Å². The molecule has 31 heavy (non-hydrogen) atoms. The van der Waals surface area contributed by atoms with Crippen LogP contribution in [0.3, 0.4) is 0 Å². The molecule has 0 aromatic rings. The molecule has 2 amide bonds. The minimum Gasteiger partial charge on any atom is -0.478 e. The van der Waals surface area contributed by atoms with E-state index in [4.69, 9.17) is 9.47 Å². The summed E-state index contributed by atoms with van der Waals surface area (Å²) in [7, 11) is 0. The van der Waals surface area contributed by atoms with Crippen LogP contribution < -0.4 is 0 Å². The number of nitrogens with zero attached hydrogens (tertiary/aromatic N) is 2. The predicted molar refractivity (Wildman–Crippen MR) is 107 cm³/mol. The first-order valence-electron chi connectivity index (χ1n) is 10.6. The van der Waals surface area contributed by atoms with Crippen LogP contribution in [0.15, 0.2) is 35.1 Å². The van der Waals surface area contributed by atoms with Crippen molar-refractivity contribution in [2.24, 2.45) is 5.92 Å². The molecule has 0 bridgehead atoms. The number of hydrogen-bond donors (Lipinski definition) is 1. The number of carboxylic acid groups (broad SMARTS) is 1. The fourth-order valence-electron chi connectivity index (χ4n) is 4.14. The van der Waals surface area contributed by atoms with Crippen molar-refractivity contribution < 1.29 is 33.8 Å². The Morgan fingerprint density at radius 3 is 2.74 bits per heavy atom. The van der Waals surface area contributed by atoms with Crippen molar-refractivity contribution in [1.29, 1.82) is 0 Å². The van der Waals surface area contributed by atoms with Crippen molar-refractivity contribution in [2.75, 3.05) is 26.2 Å². The molecule has 4 aliphatic rings. The Hall–Kier alpha value is -2.94. The van der Waals surface area contributed by atoms with E-state index in [1.165, 1.54) is 4.90 Å². The average molecular weight is 430 g/mol. The number of ether oxygens (including phenoxy) is 2. The van der Waals surface area contributed by atoms with Crippen molar-refractivity contribution in [3.8, 4) is 0 Å². The SMILES string of the molecule is CC(=O)OC(C(=O)O)[C@H]1OCCCN(C2=CCC=C3CN(CC4CC4)C(=O)C3=C2)C1=O. The summed E-state index contributed by atoms with van der Waals surface area (Å²) in [5, 5.41) is 9.48. The number of amides is 2. The number of fused-ring (bicyclic) bond motifs is 1. The first-order valence-corrected chi connectivity index (χ1v) is 10.6. The molecule has 4 rings (SSSR count). The quantitative estimate of drug-likeness (QED) is 0.626. The standard InChI is InChI=1S/C22H26N2O7/c1-13(25)31-19(22(28)29)18-21(27)24(8-3-9-30-18)16-5-2-4-15-12-23(11-14-6-7-14)20(26)17(15)10-16/h4-5,10,14,18-19H,2-3,6-9,11-12H2,1H3,(H,28,29)/t18-,19?/m1/s1. The predicted octanol–water partition coefficient (Wildman–Crippen LogP) is 1.01. The molecule has 1 saturated carbocycles. The summed E-state index contributed by atoms with van der Waals surface area (Å²) >= 11 is 0. The summed E-state index contributed by atoms with van der Waals surface area (Å²) in [4.78, 5) is 52.5. The second kappa shape index (κ2) is 8.66. The molecule has 2 heterocycles. The lowest BCUT2D eigenvalue weighted by molar-refractivity contribution is -0.177. The first kappa shape index (κ1) is 21.3. The topological polar surface area (TPSA) is 113 Å². The number of rotatable bonds is 6. The molecule has 1 unspecified atom stereocenters. The number of carboxylic acids is 1. The van der Waals surface area contributed by atoms with Gasteiger partial charge < -0.3 is 24.4 Å². The van der Waals surface area contributed by atoms with Gasteiger partial charge in [-0.05, 0) is 43.3 Å². The summed E-state index contributed by atoms with van der Waals surface area (Å²) in [6, 6.07) is 0. The Morgan fingerprint density at radius 1 is 1.29 bits per heavy atom. The molecule has 0 radical (unpaired) electrons. The maximum atomic E-state index is 13.2. The number of likely N-dealkylation sites (tertiary alicyclic amines) is 1. The van der Waals surface area contributed by atoms with Gasteiger partial charge in [0, 0.05) is 44.4 Å². The molecule has 9 nitrogen and oxygen atoms in total. The van der Waals surface area contributed by atoms with Gasteiger partial charge in [0.2, 0.25) is 6.10 Å². The largest absolute Gasteiger partial charge is 0.478 e. The van der Waals surface area contributed by atoms with Gasteiger partial charge in [-0.15, -0.1) is 0 Å². The molecule has 0 aromatic carbocycles. The van der Waals surface area contributed by atoms with Crippen LogP contribution in [0.1, 0.15) is 32.6 Å². The zero-order valence-corrected chi connectivity index (χ0v) is 17.4. The van der Waals surface area contributed by atoms with Crippen LogP contribution in [0.5, 0.6) is 0 Å². The number of carbonyl (C=O) groups excluding carboxylic acids is 3. The second-order valence-electron chi connectivity index (χ2n) is 8.28. The Labute approximate surface area is 179 Å². The van der Waals surface area contributed by atoms with E-state index in [1.54, 1.807) is 6.08 Å². The van der Waals surface area contributed by atoms with Crippen molar-refractivity contribution >= 4 is 23.8 Å². The van der Waals surface area contributed by atoms with Crippen LogP contribution in [-0.4, -0.2) is 77.1 Å². The van der Waals surface area contributed by atoms with Crippen LogP contribution in [0, 0.1) is 5.92 Å². The normalized spacial score (nSPS) is 25.1.